The number of ether oxygens (including phenoxy) is 1. The molecule has 8 heteroatoms. The van der Waals surface area contributed by atoms with E-state index in [1.807, 2.05) is 18.3 Å². The van der Waals surface area contributed by atoms with Crippen molar-refractivity contribution in [2.24, 2.45) is 0 Å². The van der Waals surface area contributed by atoms with Crippen LogP contribution in [-0.4, -0.2) is 51.7 Å². The Balaban J connectivity index is 1.69. The van der Waals surface area contributed by atoms with Gasteiger partial charge in [0.25, 0.3) is 0 Å². The minimum absolute atomic E-state index is 0.0713. The number of carbonyl (C=O) groups excluding carboxylic acids is 2. The number of carbonyl (C=O) groups is 2. The molecule has 23 heavy (non-hydrogen) atoms. The van der Waals surface area contributed by atoms with Gasteiger partial charge < -0.3 is 9.64 Å². The Morgan fingerprint density at radius 1 is 1.39 bits per heavy atom. The van der Waals surface area contributed by atoms with Crippen LogP contribution in [0.3, 0.4) is 0 Å². The van der Waals surface area contributed by atoms with E-state index < -0.39 is 0 Å². The fourth-order valence-corrected chi connectivity index (χ4v) is 3.46. The minimum atomic E-state index is -0.356. The maximum absolute atomic E-state index is 11.6. The van der Waals surface area contributed by atoms with Crippen LogP contribution in [0.2, 0.25) is 0 Å². The first-order chi connectivity index (χ1) is 11.1. The molecule has 1 aromatic heterocycles. The number of benzene rings is 1. The molecule has 1 amide bonds. The molecule has 1 unspecified atom stereocenters. The van der Waals surface area contributed by atoms with Crippen LogP contribution < -0.4 is 0 Å². The van der Waals surface area contributed by atoms with Crippen molar-refractivity contribution in [1.29, 1.82) is 0 Å². The van der Waals surface area contributed by atoms with Gasteiger partial charge in [0.1, 0.15) is 11.1 Å². The molecule has 1 fully saturated rings. The van der Waals surface area contributed by atoms with Crippen molar-refractivity contribution < 1.29 is 14.3 Å². The van der Waals surface area contributed by atoms with Crippen LogP contribution in [0.1, 0.15) is 27.0 Å². The number of thioether (sulfide) groups is 1. The van der Waals surface area contributed by atoms with E-state index in [2.05, 4.69) is 15.0 Å². The fraction of sp³-hybridized carbons (Fsp3) is 0.333. The summed E-state index contributed by atoms with van der Waals surface area (Å²) in [6.07, 6.45) is 1.85. The predicted octanol–water partition coefficient (Wildman–Crippen LogP) is 1.32. The molecule has 120 valence electrons. The Morgan fingerprint density at radius 3 is 2.74 bits per heavy atom. The Hall–Kier alpha value is -2.35. The molecule has 1 aromatic carbocycles. The first kappa shape index (κ1) is 15.5. The second-order valence-electron chi connectivity index (χ2n) is 5.20. The zero-order valence-electron chi connectivity index (χ0n) is 12.8. The lowest BCUT2D eigenvalue weighted by Crippen LogP contribution is -2.23. The molecule has 7 nitrogen and oxygen atoms in total. The van der Waals surface area contributed by atoms with Crippen LogP contribution in [-0.2, 0) is 16.1 Å². The smallest absolute Gasteiger partial charge is 0.337 e. The summed E-state index contributed by atoms with van der Waals surface area (Å²) in [7, 11) is 3.13. The van der Waals surface area contributed by atoms with Crippen LogP contribution in [0.25, 0.3) is 0 Å². The van der Waals surface area contributed by atoms with E-state index in [4.69, 9.17) is 0 Å². The molecule has 1 atom stereocenters. The zero-order chi connectivity index (χ0) is 16.4. The van der Waals surface area contributed by atoms with Crippen molar-refractivity contribution in [3.8, 4) is 0 Å². The molecule has 1 saturated heterocycles. The number of amides is 1. The van der Waals surface area contributed by atoms with E-state index in [1.165, 1.54) is 7.11 Å². The van der Waals surface area contributed by atoms with Crippen LogP contribution in [0.15, 0.2) is 30.5 Å². The molecule has 3 rings (SSSR count). The van der Waals surface area contributed by atoms with Gasteiger partial charge in [-0.15, -0.1) is 16.9 Å². The van der Waals surface area contributed by atoms with Crippen LogP contribution in [0.4, 0.5) is 0 Å². The van der Waals surface area contributed by atoms with Crippen molar-refractivity contribution in [3.63, 3.8) is 0 Å². The molecule has 0 aliphatic carbocycles. The number of hydrogen-bond donors (Lipinski definition) is 0. The predicted molar refractivity (Wildman–Crippen MR) is 84.9 cm³/mol. The summed E-state index contributed by atoms with van der Waals surface area (Å²) in [6.45, 7) is 0.545. The lowest BCUT2D eigenvalue weighted by atomic mass is 10.1. The van der Waals surface area contributed by atoms with Crippen molar-refractivity contribution >= 4 is 23.6 Å². The lowest BCUT2D eigenvalue weighted by Gasteiger charge is -2.15. The molecule has 2 heterocycles. The highest BCUT2D eigenvalue weighted by Gasteiger charge is 2.31. The van der Waals surface area contributed by atoms with Gasteiger partial charge in [-0.25, -0.2) is 9.48 Å². The van der Waals surface area contributed by atoms with Crippen LogP contribution >= 0.6 is 11.8 Å². The second kappa shape index (κ2) is 6.41. The van der Waals surface area contributed by atoms with E-state index in [0.717, 1.165) is 11.3 Å². The van der Waals surface area contributed by atoms with Gasteiger partial charge in [-0.05, 0) is 17.7 Å². The molecule has 0 N–H and O–H groups in total. The SMILES string of the molecule is COC(=O)c1ccc(Cn2cc(C3SCC(=O)N3C)nn2)cc1. The van der Waals surface area contributed by atoms with Crippen LogP contribution in [0, 0.1) is 0 Å². The van der Waals surface area contributed by atoms with Crippen molar-refractivity contribution in [2.45, 2.75) is 11.9 Å². The number of aromatic nitrogens is 3. The van der Waals surface area contributed by atoms with Crippen LogP contribution in [0.5, 0.6) is 0 Å². The van der Waals surface area contributed by atoms with E-state index in [9.17, 15) is 9.59 Å². The van der Waals surface area contributed by atoms with Gasteiger partial charge >= 0.3 is 5.97 Å². The molecule has 0 spiro atoms. The summed E-state index contributed by atoms with van der Waals surface area (Å²) in [4.78, 5) is 24.7. The maximum atomic E-state index is 11.6. The first-order valence-electron chi connectivity index (χ1n) is 7.03. The van der Waals surface area contributed by atoms with E-state index in [0.29, 0.717) is 17.9 Å². The van der Waals surface area contributed by atoms with Gasteiger partial charge in [0, 0.05) is 7.05 Å². The monoisotopic (exact) mass is 332 g/mol. The minimum Gasteiger partial charge on any atom is -0.465 e. The van der Waals surface area contributed by atoms with Gasteiger partial charge in [0.05, 0.1) is 31.2 Å². The highest BCUT2D eigenvalue weighted by Crippen LogP contribution is 2.35. The second-order valence-corrected chi connectivity index (χ2v) is 6.27. The van der Waals surface area contributed by atoms with E-state index in [1.54, 1.807) is 40.5 Å². The Kier molecular flexibility index (Phi) is 4.33. The first-order valence-corrected chi connectivity index (χ1v) is 8.08. The lowest BCUT2D eigenvalue weighted by molar-refractivity contribution is -0.126. The molecule has 2 aromatic rings. The molecule has 0 radical (unpaired) electrons. The molecule has 1 aliphatic heterocycles. The maximum Gasteiger partial charge on any atom is 0.337 e. The van der Waals surface area contributed by atoms with Gasteiger partial charge in [0.15, 0.2) is 0 Å². The summed E-state index contributed by atoms with van der Waals surface area (Å²) in [5.41, 5.74) is 2.28. The van der Waals surface area contributed by atoms with E-state index >= 15 is 0 Å². The van der Waals surface area contributed by atoms with E-state index in [-0.39, 0.29) is 17.3 Å². The quantitative estimate of drug-likeness (QED) is 0.786. The van der Waals surface area contributed by atoms with Gasteiger partial charge in [0.2, 0.25) is 5.91 Å². The van der Waals surface area contributed by atoms with Gasteiger partial charge in [-0.1, -0.05) is 17.3 Å². The summed E-state index contributed by atoms with van der Waals surface area (Å²) in [6, 6.07) is 7.15. The average Bonchev–Trinajstić information content (AvgIpc) is 3.15. The highest BCUT2D eigenvalue weighted by atomic mass is 32.2. The molecular weight excluding hydrogens is 316 g/mol. The third-order valence-electron chi connectivity index (χ3n) is 3.64. The number of esters is 1. The third kappa shape index (κ3) is 3.21. The third-order valence-corrected chi connectivity index (χ3v) is 4.93. The molecular formula is C15H16N4O3S. The highest BCUT2D eigenvalue weighted by molar-refractivity contribution is 8.00. The number of nitrogens with zero attached hydrogens (tertiary/aromatic N) is 4. The Labute approximate surface area is 137 Å². The summed E-state index contributed by atoms with van der Waals surface area (Å²) in [5, 5.41) is 8.20. The summed E-state index contributed by atoms with van der Waals surface area (Å²) in [5.74, 6) is 0.224. The van der Waals surface area contributed by atoms with Gasteiger partial charge in [-0.2, -0.15) is 0 Å². The number of hydrogen-bond acceptors (Lipinski definition) is 6. The largest absolute Gasteiger partial charge is 0.465 e. The fourth-order valence-electron chi connectivity index (χ4n) is 2.33. The molecule has 1 aliphatic rings. The Bertz CT molecular complexity index is 729. The Morgan fingerprint density at radius 2 is 2.13 bits per heavy atom. The van der Waals surface area contributed by atoms with Gasteiger partial charge in [-0.3, -0.25) is 4.79 Å². The number of methoxy groups -OCH3 is 1. The summed E-state index contributed by atoms with van der Waals surface area (Å²) >= 11 is 1.55. The number of rotatable bonds is 4. The normalized spacial score (nSPS) is 17.6. The standard InChI is InChI=1S/C15H16N4O3S/c1-18-13(20)9-23-14(18)12-8-19(17-16-12)7-10-3-5-11(6-4-10)15(21)22-2/h3-6,8,14H,7,9H2,1-2H3. The van der Waals surface area contributed by atoms with Crippen molar-refractivity contribution in [3.05, 3.63) is 47.3 Å². The molecule has 0 bridgehead atoms. The summed E-state index contributed by atoms with van der Waals surface area (Å²) < 4.78 is 6.39. The van der Waals surface area contributed by atoms with Crippen molar-refractivity contribution in [2.75, 3.05) is 19.9 Å². The van der Waals surface area contributed by atoms with Crippen molar-refractivity contribution in [1.82, 2.24) is 19.9 Å². The zero-order valence-corrected chi connectivity index (χ0v) is 13.6. The molecule has 0 saturated carbocycles. The average molecular weight is 332 g/mol. The topological polar surface area (TPSA) is 77.3 Å².